The molecular weight excluding hydrogens is 264 g/mol. The zero-order chi connectivity index (χ0) is 13.4. The number of carbonyl (C=O) groups excluding carboxylic acids is 1. The van der Waals surface area contributed by atoms with Crippen LogP contribution >= 0.6 is 11.6 Å². The van der Waals surface area contributed by atoms with Gasteiger partial charge in [0.1, 0.15) is 0 Å². The lowest BCUT2D eigenvalue weighted by atomic mass is 10.0. The van der Waals surface area contributed by atoms with Gasteiger partial charge in [-0.15, -0.1) is 0 Å². The average molecular weight is 279 g/mol. The fourth-order valence-corrected chi connectivity index (χ4v) is 2.57. The molecule has 1 saturated heterocycles. The topological polar surface area (TPSA) is 50.4 Å². The molecule has 2 N–H and O–H groups in total. The number of rotatable bonds is 0. The molecular formula is C14H15ClN2O2. The van der Waals surface area contributed by atoms with Gasteiger partial charge < -0.3 is 15.4 Å². The Bertz CT molecular complexity index is 573. The Morgan fingerprint density at radius 2 is 2.00 bits per heavy atom. The highest BCUT2D eigenvalue weighted by Gasteiger charge is 2.27. The van der Waals surface area contributed by atoms with E-state index in [2.05, 4.69) is 10.6 Å². The molecule has 0 radical (unpaired) electrons. The van der Waals surface area contributed by atoms with Crippen LogP contribution < -0.4 is 15.4 Å². The lowest BCUT2D eigenvalue weighted by Crippen LogP contribution is -2.30. The maximum atomic E-state index is 12.2. The van der Waals surface area contributed by atoms with Crippen molar-refractivity contribution in [3.8, 4) is 5.75 Å². The highest BCUT2D eigenvalue weighted by Crippen LogP contribution is 2.38. The van der Waals surface area contributed by atoms with Crippen LogP contribution in [0.2, 0.25) is 5.02 Å². The van der Waals surface area contributed by atoms with Crippen LogP contribution in [-0.2, 0) is 4.79 Å². The van der Waals surface area contributed by atoms with E-state index in [1.54, 1.807) is 12.1 Å². The van der Waals surface area contributed by atoms with Gasteiger partial charge in [0.2, 0.25) is 0 Å². The molecule has 3 rings (SSSR count). The summed E-state index contributed by atoms with van der Waals surface area (Å²) < 4.78 is 5.80. The summed E-state index contributed by atoms with van der Waals surface area (Å²) in [4.78, 5) is 12.2. The molecule has 2 aliphatic rings. The molecule has 0 bridgehead atoms. The standard InChI is InChI=1S/C14H15ClN2O2/c1-8-10(15)2-3-11-12(8)17-14(18)13(19-11)9-4-6-16-7-5-9/h2-3,16H,4-7H2,1H3,(H,17,18). The number of nitrogens with one attached hydrogen (secondary N) is 2. The summed E-state index contributed by atoms with van der Waals surface area (Å²) in [5.74, 6) is 0.952. The monoisotopic (exact) mass is 278 g/mol. The van der Waals surface area contributed by atoms with Crippen LogP contribution in [0, 0.1) is 6.92 Å². The third-order valence-corrected chi connectivity index (χ3v) is 3.96. The molecule has 0 atom stereocenters. The molecule has 1 aromatic rings. The van der Waals surface area contributed by atoms with Crippen LogP contribution in [0.5, 0.6) is 5.75 Å². The van der Waals surface area contributed by atoms with Crippen LogP contribution in [-0.4, -0.2) is 19.0 Å². The van der Waals surface area contributed by atoms with Crippen LogP contribution in [0.3, 0.4) is 0 Å². The normalized spacial score (nSPS) is 18.7. The molecule has 0 aromatic heterocycles. The molecule has 0 unspecified atom stereocenters. The summed E-state index contributed by atoms with van der Waals surface area (Å²) in [6, 6.07) is 3.59. The SMILES string of the molecule is Cc1c(Cl)ccc2c1NC(=O)C(=C1CCNCC1)O2. The Morgan fingerprint density at radius 3 is 2.74 bits per heavy atom. The summed E-state index contributed by atoms with van der Waals surface area (Å²) >= 11 is 6.05. The first-order valence-corrected chi connectivity index (χ1v) is 6.75. The predicted molar refractivity (Wildman–Crippen MR) is 74.6 cm³/mol. The van der Waals surface area contributed by atoms with Gasteiger partial charge in [-0.1, -0.05) is 11.6 Å². The number of anilines is 1. The summed E-state index contributed by atoms with van der Waals surface area (Å²) in [7, 11) is 0. The van der Waals surface area contributed by atoms with Crippen molar-refractivity contribution in [1.29, 1.82) is 0 Å². The molecule has 5 heteroatoms. The summed E-state index contributed by atoms with van der Waals surface area (Å²) in [5, 5.41) is 6.78. The van der Waals surface area contributed by atoms with Crippen LogP contribution in [0.25, 0.3) is 0 Å². The number of ether oxygens (including phenoxy) is 1. The number of hydrogen-bond acceptors (Lipinski definition) is 3. The van der Waals surface area contributed by atoms with Crippen molar-refractivity contribution in [3.05, 3.63) is 34.1 Å². The summed E-state index contributed by atoms with van der Waals surface area (Å²) in [6.07, 6.45) is 1.70. The molecule has 4 nitrogen and oxygen atoms in total. The first-order valence-electron chi connectivity index (χ1n) is 6.38. The zero-order valence-corrected chi connectivity index (χ0v) is 11.4. The first kappa shape index (κ1) is 12.5. The van der Waals surface area contributed by atoms with E-state index < -0.39 is 0 Å². The van der Waals surface area contributed by atoms with Crippen LogP contribution in [0.4, 0.5) is 5.69 Å². The summed E-state index contributed by atoms with van der Waals surface area (Å²) in [5.41, 5.74) is 2.59. The molecule has 1 aromatic carbocycles. The van der Waals surface area contributed by atoms with Gasteiger partial charge in [-0.05, 0) is 56.1 Å². The smallest absolute Gasteiger partial charge is 0.291 e. The minimum absolute atomic E-state index is 0.172. The second-order valence-corrected chi connectivity index (χ2v) is 5.19. The predicted octanol–water partition coefficient (Wildman–Crippen LogP) is 2.62. The zero-order valence-electron chi connectivity index (χ0n) is 10.7. The number of hydrogen-bond donors (Lipinski definition) is 2. The van der Waals surface area contributed by atoms with Gasteiger partial charge in [0, 0.05) is 5.02 Å². The van der Waals surface area contributed by atoms with Crippen molar-refractivity contribution in [1.82, 2.24) is 5.32 Å². The largest absolute Gasteiger partial charge is 0.449 e. The number of benzene rings is 1. The lowest BCUT2D eigenvalue weighted by Gasteiger charge is -2.26. The molecule has 1 fully saturated rings. The third-order valence-electron chi connectivity index (χ3n) is 3.55. The van der Waals surface area contributed by atoms with E-state index in [1.807, 2.05) is 6.92 Å². The Hall–Kier alpha value is -1.52. The number of carbonyl (C=O) groups is 1. The minimum atomic E-state index is -0.172. The number of halogens is 1. The number of fused-ring (bicyclic) bond motifs is 1. The molecule has 19 heavy (non-hydrogen) atoms. The van der Waals surface area contributed by atoms with E-state index in [0.29, 0.717) is 22.2 Å². The van der Waals surface area contributed by atoms with Gasteiger partial charge in [-0.2, -0.15) is 0 Å². The van der Waals surface area contributed by atoms with Crippen molar-refractivity contribution >= 4 is 23.2 Å². The van der Waals surface area contributed by atoms with Crippen molar-refractivity contribution in [2.24, 2.45) is 0 Å². The molecule has 2 heterocycles. The van der Waals surface area contributed by atoms with Crippen molar-refractivity contribution in [2.75, 3.05) is 18.4 Å². The molecule has 2 aliphatic heterocycles. The fourth-order valence-electron chi connectivity index (χ4n) is 2.42. The van der Waals surface area contributed by atoms with E-state index in [1.165, 1.54) is 0 Å². The van der Waals surface area contributed by atoms with Gasteiger partial charge in [-0.3, -0.25) is 4.79 Å². The van der Waals surface area contributed by atoms with Gasteiger partial charge in [0.05, 0.1) is 5.69 Å². The maximum Gasteiger partial charge on any atom is 0.291 e. The van der Waals surface area contributed by atoms with E-state index in [4.69, 9.17) is 16.3 Å². The van der Waals surface area contributed by atoms with Crippen LogP contribution in [0.15, 0.2) is 23.5 Å². The Balaban J connectivity index is 2.01. The Morgan fingerprint density at radius 1 is 1.26 bits per heavy atom. The number of piperidine rings is 1. The van der Waals surface area contributed by atoms with Gasteiger partial charge in [0.25, 0.3) is 5.91 Å². The van der Waals surface area contributed by atoms with Gasteiger partial charge in [-0.25, -0.2) is 0 Å². The maximum absolute atomic E-state index is 12.2. The third kappa shape index (κ3) is 2.22. The minimum Gasteiger partial charge on any atom is -0.449 e. The highest BCUT2D eigenvalue weighted by molar-refractivity contribution is 6.32. The molecule has 100 valence electrons. The van der Waals surface area contributed by atoms with Gasteiger partial charge >= 0.3 is 0 Å². The van der Waals surface area contributed by atoms with Crippen molar-refractivity contribution < 1.29 is 9.53 Å². The fraction of sp³-hybridized carbons (Fsp3) is 0.357. The van der Waals surface area contributed by atoms with Crippen molar-refractivity contribution in [2.45, 2.75) is 19.8 Å². The highest BCUT2D eigenvalue weighted by atomic mass is 35.5. The molecule has 0 aliphatic carbocycles. The second kappa shape index (κ2) is 4.87. The lowest BCUT2D eigenvalue weighted by molar-refractivity contribution is -0.115. The van der Waals surface area contributed by atoms with E-state index >= 15 is 0 Å². The molecule has 0 saturated carbocycles. The second-order valence-electron chi connectivity index (χ2n) is 4.78. The molecule has 1 amide bonds. The van der Waals surface area contributed by atoms with Crippen LogP contribution in [0.1, 0.15) is 18.4 Å². The van der Waals surface area contributed by atoms with E-state index in [-0.39, 0.29) is 5.91 Å². The Kier molecular flexibility index (Phi) is 3.21. The first-order chi connectivity index (χ1) is 9.16. The van der Waals surface area contributed by atoms with E-state index in [0.717, 1.165) is 37.1 Å². The van der Waals surface area contributed by atoms with Gasteiger partial charge in [0.15, 0.2) is 11.5 Å². The molecule has 0 spiro atoms. The quantitative estimate of drug-likeness (QED) is 0.717. The van der Waals surface area contributed by atoms with Crippen molar-refractivity contribution in [3.63, 3.8) is 0 Å². The average Bonchev–Trinajstić information content (AvgIpc) is 2.44. The Labute approximate surface area is 116 Å². The summed E-state index contributed by atoms with van der Waals surface area (Å²) in [6.45, 7) is 3.65. The number of amides is 1. The van der Waals surface area contributed by atoms with E-state index in [9.17, 15) is 4.79 Å².